The number of hydrogen-bond donors (Lipinski definition) is 1. The van der Waals surface area contributed by atoms with E-state index >= 15 is 0 Å². The number of fused-ring (bicyclic) bond motifs is 1. The lowest BCUT2D eigenvalue weighted by atomic mass is 10.0. The average Bonchev–Trinajstić information content (AvgIpc) is 3.53. The minimum Gasteiger partial charge on any atom is -0.496 e. The highest BCUT2D eigenvalue weighted by molar-refractivity contribution is 9.10. The number of methoxy groups -OCH3 is 1. The number of nitrogens with zero attached hydrogens (tertiary/aromatic N) is 3. The predicted molar refractivity (Wildman–Crippen MR) is 114 cm³/mol. The van der Waals surface area contributed by atoms with E-state index in [0.717, 1.165) is 57.3 Å². The van der Waals surface area contributed by atoms with Gasteiger partial charge in [0.05, 0.1) is 18.3 Å². The zero-order valence-electron chi connectivity index (χ0n) is 15.8. The van der Waals surface area contributed by atoms with E-state index < -0.39 is 5.91 Å². The van der Waals surface area contributed by atoms with E-state index in [1.54, 1.807) is 7.11 Å². The van der Waals surface area contributed by atoms with E-state index in [-0.39, 0.29) is 5.69 Å². The number of anilines is 1. The van der Waals surface area contributed by atoms with Crippen LogP contribution in [0.3, 0.4) is 0 Å². The van der Waals surface area contributed by atoms with Gasteiger partial charge in [0.15, 0.2) is 5.69 Å². The molecule has 1 aromatic heterocycles. The smallest absolute Gasteiger partial charge is 0.271 e. The Balaban J connectivity index is 1.90. The van der Waals surface area contributed by atoms with Crippen molar-refractivity contribution in [2.24, 2.45) is 5.73 Å². The van der Waals surface area contributed by atoms with Gasteiger partial charge in [-0.15, -0.1) is 10.2 Å². The van der Waals surface area contributed by atoms with Gasteiger partial charge in [0.2, 0.25) is 0 Å². The highest BCUT2D eigenvalue weighted by Gasteiger charge is 2.32. The second-order valence-electron chi connectivity index (χ2n) is 6.86. The third kappa shape index (κ3) is 3.30. The Hall–Kier alpha value is -2.67. The van der Waals surface area contributed by atoms with E-state index in [4.69, 9.17) is 10.5 Å². The summed E-state index contributed by atoms with van der Waals surface area (Å²) in [5.41, 5.74) is 9.28. The first-order valence-corrected chi connectivity index (χ1v) is 10.0. The lowest BCUT2D eigenvalue weighted by Crippen LogP contribution is -2.29. The van der Waals surface area contributed by atoms with Gasteiger partial charge < -0.3 is 15.4 Å². The first-order chi connectivity index (χ1) is 13.5. The number of rotatable bonds is 6. The van der Waals surface area contributed by atoms with Crippen molar-refractivity contribution in [3.8, 4) is 16.9 Å². The van der Waals surface area contributed by atoms with Gasteiger partial charge >= 0.3 is 0 Å². The van der Waals surface area contributed by atoms with Gasteiger partial charge in [-0.25, -0.2) is 0 Å². The molecule has 1 saturated carbocycles. The number of hydrogen-bond acceptors (Lipinski definition) is 5. The van der Waals surface area contributed by atoms with Crippen LogP contribution in [0.4, 0.5) is 5.69 Å². The Morgan fingerprint density at radius 1 is 1.25 bits per heavy atom. The zero-order valence-corrected chi connectivity index (χ0v) is 17.4. The fraction of sp³-hybridized carbons (Fsp3) is 0.286. The van der Waals surface area contributed by atoms with Crippen molar-refractivity contribution in [2.45, 2.75) is 25.8 Å². The molecule has 0 atom stereocenters. The Labute approximate surface area is 171 Å². The van der Waals surface area contributed by atoms with Gasteiger partial charge in [-0.3, -0.25) is 4.79 Å². The van der Waals surface area contributed by atoms with Crippen LogP contribution in [-0.4, -0.2) is 35.8 Å². The summed E-state index contributed by atoms with van der Waals surface area (Å²) in [6.45, 7) is 2.87. The Morgan fingerprint density at radius 3 is 2.68 bits per heavy atom. The molecule has 1 aliphatic carbocycles. The number of carbonyl (C=O) groups excluding carboxylic acids is 1. The molecule has 0 spiro atoms. The predicted octanol–water partition coefficient (Wildman–Crippen LogP) is 4.16. The molecule has 144 valence electrons. The van der Waals surface area contributed by atoms with Crippen LogP contribution >= 0.6 is 15.9 Å². The highest BCUT2D eigenvalue weighted by atomic mass is 79.9. The molecule has 0 unspecified atom stereocenters. The molecule has 2 N–H and O–H groups in total. The van der Waals surface area contributed by atoms with Gasteiger partial charge in [0.1, 0.15) is 5.75 Å². The van der Waals surface area contributed by atoms with Crippen molar-refractivity contribution < 1.29 is 9.53 Å². The molecular formula is C21H21BrN4O2. The van der Waals surface area contributed by atoms with Gasteiger partial charge in [-0.1, -0.05) is 22.0 Å². The topological polar surface area (TPSA) is 81.3 Å². The van der Waals surface area contributed by atoms with Crippen LogP contribution in [0.1, 0.15) is 30.3 Å². The summed E-state index contributed by atoms with van der Waals surface area (Å²) < 4.78 is 6.48. The number of ether oxygens (including phenoxy) is 1. The lowest BCUT2D eigenvalue weighted by molar-refractivity contribution is 0.0995. The average molecular weight is 441 g/mol. The number of primary amides is 1. The van der Waals surface area contributed by atoms with Crippen molar-refractivity contribution in [2.75, 3.05) is 18.6 Å². The van der Waals surface area contributed by atoms with Gasteiger partial charge in [0, 0.05) is 28.0 Å². The lowest BCUT2D eigenvalue weighted by Gasteiger charge is -2.25. The van der Waals surface area contributed by atoms with Crippen LogP contribution in [-0.2, 0) is 0 Å². The number of amides is 1. The van der Waals surface area contributed by atoms with E-state index in [2.05, 4.69) is 38.0 Å². The SMILES string of the molecule is CCN(c1c(C(N)=O)nnc2cc(-c3ccc(Br)cc3OC)ccc12)C1CC1. The summed E-state index contributed by atoms with van der Waals surface area (Å²) in [5.74, 6) is 0.214. The Morgan fingerprint density at radius 2 is 2.04 bits per heavy atom. The molecule has 1 fully saturated rings. The molecule has 0 saturated heterocycles. The zero-order chi connectivity index (χ0) is 19.8. The molecular weight excluding hydrogens is 420 g/mol. The molecule has 28 heavy (non-hydrogen) atoms. The fourth-order valence-corrected chi connectivity index (χ4v) is 3.95. The van der Waals surface area contributed by atoms with Gasteiger partial charge in [-0.2, -0.15) is 0 Å². The molecule has 0 radical (unpaired) electrons. The van der Waals surface area contributed by atoms with Crippen molar-refractivity contribution in [3.05, 3.63) is 46.6 Å². The number of halogens is 1. The summed E-state index contributed by atoms with van der Waals surface area (Å²) in [4.78, 5) is 14.2. The van der Waals surface area contributed by atoms with Crippen molar-refractivity contribution >= 4 is 38.4 Å². The van der Waals surface area contributed by atoms with Crippen LogP contribution in [0.25, 0.3) is 22.0 Å². The van der Waals surface area contributed by atoms with Crippen molar-refractivity contribution in [1.82, 2.24) is 10.2 Å². The molecule has 0 aliphatic heterocycles. The molecule has 1 amide bonds. The number of benzene rings is 2. The third-order valence-electron chi connectivity index (χ3n) is 5.06. The second-order valence-corrected chi connectivity index (χ2v) is 7.77. The van der Waals surface area contributed by atoms with Crippen LogP contribution in [0.15, 0.2) is 40.9 Å². The first-order valence-electron chi connectivity index (χ1n) is 9.24. The molecule has 6 nitrogen and oxygen atoms in total. The van der Waals surface area contributed by atoms with Crippen LogP contribution in [0.2, 0.25) is 0 Å². The van der Waals surface area contributed by atoms with E-state index in [9.17, 15) is 4.79 Å². The van der Waals surface area contributed by atoms with Crippen LogP contribution < -0.4 is 15.4 Å². The number of carbonyl (C=O) groups is 1. The van der Waals surface area contributed by atoms with Crippen LogP contribution in [0, 0.1) is 0 Å². The molecule has 0 bridgehead atoms. The minimum atomic E-state index is -0.554. The largest absolute Gasteiger partial charge is 0.496 e. The van der Waals surface area contributed by atoms with Crippen molar-refractivity contribution in [1.29, 1.82) is 0 Å². The maximum absolute atomic E-state index is 12.0. The van der Waals surface area contributed by atoms with E-state index in [1.165, 1.54) is 0 Å². The van der Waals surface area contributed by atoms with Crippen LogP contribution in [0.5, 0.6) is 5.75 Å². The standard InChI is InChI=1S/C21H21BrN4O2/c1-3-26(14-6-7-14)20-16-8-4-12(10-17(16)24-25-19(20)21(23)27)15-9-5-13(22)11-18(15)28-2/h4-5,8-11,14H,3,6-7H2,1-2H3,(H2,23,27). The van der Waals surface area contributed by atoms with Gasteiger partial charge in [0.25, 0.3) is 5.91 Å². The van der Waals surface area contributed by atoms with Gasteiger partial charge in [-0.05, 0) is 55.7 Å². The summed E-state index contributed by atoms with van der Waals surface area (Å²) in [7, 11) is 1.65. The molecule has 3 aromatic rings. The normalized spacial score (nSPS) is 13.5. The quantitative estimate of drug-likeness (QED) is 0.622. The maximum atomic E-state index is 12.0. The Bertz CT molecular complexity index is 1070. The van der Waals surface area contributed by atoms with E-state index in [0.29, 0.717) is 6.04 Å². The molecule has 7 heteroatoms. The van der Waals surface area contributed by atoms with E-state index in [1.807, 2.05) is 36.4 Å². The summed E-state index contributed by atoms with van der Waals surface area (Å²) in [5, 5.41) is 9.35. The molecule has 2 aromatic carbocycles. The monoisotopic (exact) mass is 440 g/mol. The molecule has 1 heterocycles. The number of aromatic nitrogens is 2. The maximum Gasteiger partial charge on any atom is 0.271 e. The highest BCUT2D eigenvalue weighted by Crippen LogP contribution is 2.39. The first kappa shape index (κ1) is 18.7. The van der Waals surface area contributed by atoms with Crippen molar-refractivity contribution in [3.63, 3.8) is 0 Å². The molecule has 1 aliphatic rings. The summed E-state index contributed by atoms with van der Waals surface area (Å²) in [6.07, 6.45) is 2.23. The number of nitrogens with two attached hydrogens (primary N) is 1. The third-order valence-corrected chi connectivity index (χ3v) is 5.55. The summed E-state index contributed by atoms with van der Waals surface area (Å²) >= 11 is 3.47. The second kappa shape index (κ2) is 7.39. The Kier molecular flexibility index (Phi) is 4.93. The molecule has 4 rings (SSSR count). The summed E-state index contributed by atoms with van der Waals surface area (Å²) in [6, 6.07) is 12.3. The minimum absolute atomic E-state index is 0.232. The fourth-order valence-electron chi connectivity index (χ4n) is 3.61.